The van der Waals surface area contributed by atoms with Gasteiger partial charge in [-0.2, -0.15) is 0 Å². The third-order valence-electron chi connectivity index (χ3n) is 1.11. The highest BCUT2D eigenvalue weighted by molar-refractivity contribution is 5.75. The first-order valence-electron chi connectivity index (χ1n) is 2.80. The van der Waals surface area contributed by atoms with Crippen molar-refractivity contribution in [3.05, 3.63) is 0 Å². The molecule has 1 rings (SSSR count). The Bertz CT molecular complexity index is 82.4. The van der Waals surface area contributed by atoms with Crippen LogP contribution in [0.3, 0.4) is 0 Å². The molecule has 0 bridgehead atoms. The molecule has 0 aliphatic carbocycles. The van der Waals surface area contributed by atoms with Crippen LogP contribution in [0.1, 0.15) is 12.8 Å². The topological polar surface area (TPSA) is 43.2 Å². The van der Waals surface area contributed by atoms with Gasteiger partial charge in [0.1, 0.15) is 0 Å². The highest BCUT2D eigenvalue weighted by Gasteiger charge is 2.04. The zero-order valence-electron chi connectivity index (χ0n) is 4.68. The van der Waals surface area contributed by atoms with Gasteiger partial charge in [-0.05, 0) is 13.0 Å². The van der Waals surface area contributed by atoms with Crippen LogP contribution in [0.25, 0.3) is 0 Å². The fourth-order valence-electron chi connectivity index (χ4n) is 0.667. The van der Waals surface area contributed by atoms with E-state index in [9.17, 15) is 4.79 Å². The van der Waals surface area contributed by atoms with Gasteiger partial charge in [0, 0.05) is 6.42 Å². The largest absolute Gasteiger partial charge is 0.298 e. The zero-order chi connectivity index (χ0) is 5.82. The first-order valence-corrected chi connectivity index (χ1v) is 2.80. The Morgan fingerprint density at radius 2 is 2.50 bits per heavy atom. The molecule has 3 heteroatoms. The normalized spacial score (nSPS) is 21.8. The van der Waals surface area contributed by atoms with E-state index in [1.54, 1.807) is 0 Å². The van der Waals surface area contributed by atoms with E-state index in [0.29, 0.717) is 13.1 Å². The van der Waals surface area contributed by atoms with Crippen molar-refractivity contribution in [2.45, 2.75) is 12.8 Å². The molecule has 0 unspecified atom stereocenters. The lowest BCUT2D eigenvalue weighted by atomic mass is 10.3. The summed E-state index contributed by atoms with van der Waals surface area (Å²) in [6.07, 6.45) is 1.55. The van der Waals surface area contributed by atoms with Gasteiger partial charge in [0.05, 0.1) is 6.67 Å². The molecule has 0 saturated carbocycles. The van der Waals surface area contributed by atoms with E-state index in [0.717, 1.165) is 13.0 Å². The molecule has 1 aliphatic heterocycles. The van der Waals surface area contributed by atoms with Crippen LogP contribution in [-0.2, 0) is 4.79 Å². The first-order chi connectivity index (χ1) is 3.89. The summed E-state index contributed by atoms with van der Waals surface area (Å²) in [5.74, 6) is 0.0370. The predicted molar refractivity (Wildman–Crippen MR) is 29.2 cm³/mol. The van der Waals surface area contributed by atoms with Crippen molar-refractivity contribution in [2.75, 3.05) is 13.2 Å². The minimum Gasteiger partial charge on any atom is -0.298 e. The number of nitrogens with zero attached hydrogens (tertiary/aromatic N) is 1. The lowest BCUT2D eigenvalue weighted by Gasteiger charge is -1.91. The maximum Gasteiger partial charge on any atom is 0.242 e. The Kier molecular flexibility index (Phi) is 1.86. The summed E-state index contributed by atoms with van der Waals surface area (Å²) >= 11 is 0. The summed E-state index contributed by atoms with van der Waals surface area (Å²) in [6, 6.07) is 0. The van der Waals surface area contributed by atoms with Crippen LogP contribution in [-0.4, -0.2) is 19.1 Å². The molecule has 1 heterocycles. The molecule has 0 aromatic carbocycles. The quantitative estimate of drug-likeness (QED) is 0.458. The molecule has 3 nitrogen and oxygen atoms in total. The highest BCUT2D eigenvalue weighted by atomic mass is 16.1. The smallest absolute Gasteiger partial charge is 0.242 e. The number of rotatable bonds is 0. The van der Waals surface area contributed by atoms with Crippen LogP contribution in [0.5, 0.6) is 0 Å². The van der Waals surface area contributed by atoms with Gasteiger partial charge in [0.25, 0.3) is 0 Å². The van der Waals surface area contributed by atoms with Crippen molar-refractivity contribution in [3.63, 3.8) is 0 Å². The van der Waals surface area contributed by atoms with Crippen LogP contribution < -0.4 is 10.6 Å². The molecule has 0 atom stereocenters. The average molecular weight is 113 g/mol. The first kappa shape index (κ1) is 5.56. The molecule has 8 heavy (non-hydrogen) atoms. The molecular weight excluding hydrogens is 104 g/mol. The van der Waals surface area contributed by atoms with Crippen LogP contribution in [0.2, 0.25) is 0 Å². The van der Waals surface area contributed by atoms with E-state index in [2.05, 4.69) is 10.6 Å². The summed E-state index contributed by atoms with van der Waals surface area (Å²) < 4.78 is 0. The second-order valence-electron chi connectivity index (χ2n) is 1.81. The summed E-state index contributed by atoms with van der Waals surface area (Å²) in [6.45, 7) is 1.44. The Morgan fingerprint density at radius 1 is 1.62 bits per heavy atom. The SMILES string of the molecule is O=C1CCCNC[N]1. The van der Waals surface area contributed by atoms with Gasteiger partial charge in [-0.1, -0.05) is 0 Å². The van der Waals surface area contributed by atoms with E-state index in [1.165, 1.54) is 0 Å². The molecule has 45 valence electrons. The number of carbonyl (C=O) groups is 1. The van der Waals surface area contributed by atoms with E-state index in [1.807, 2.05) is 0 Å². The molecule has 0 aromatic heterocycles. The highest BCUT2D eigenvalue weighted by Crippen LogP contribution is 1.89. The minimum atomic E-state index is 0.0370. The average Bonchev–Trinajstić information content (AvgIpc) is 1.94. The van der Waals surface area contributed by atoms with Gasteiger partial charge in [0.15, 0.2) is 0 Å². The van der Waals surface area contributed by atoms with Gasteiger partial charge in [-0.25, -0.2) is 5.32 Å². The van der Waals surface area contributed by atoms with Crippen molar-refractivity contribution < 1.29 is 4.79 Å². The fourth-order valence-corrected chi connectivity index (χ4v) is 0.667. The van der Waals surface area contributed by atoms with Crippen molar-refractivity contribution in [2.24, 2.45) is 0 Å². The standard InChI is InChI=1S/C5H9N2O/c8-5-2-1-3-6-4-7-5/h6H,1-4H2. The Morgan fingerprint density at radius 3 is 3.38 bits per heavy atom. The zero-order valence-corrected chi connectivity index (χ0v) is 4.68. The second kappa shape index (κ2) is 2.67. The number of hydrogen-bond donors (Lipinski definition) is 1. The number of hydrogen-bond acceptors (Lipinski definition) is 2. The molecule has 1 radical (unpaired) electrons. The molecule has 1 N–H and O–H groups in total. The van der Waals surface area contributed by atoms with Crippen molar-refractivity contribution in [1.29, 1.82) is 0 Å². The minimum absolute atomic E-state index is 0.0370. The Labute approximate surface area is 48.5 Å². The maximum absolute atomic E-state index is 10.5. The Hall–Kier alpha value is -0.570. The van der Waals surface area contributed by atoms with E-state index in [-0.39, 0.29) is 5.91 Å². The van der Waals surface area contributed by atoms with Crippen LogP contribution in [0, 0.1) is 0 Å². The van der Waals surface area contributed by atoms with E-state index < -0.39 is 0 Å². The summed E-state index contributed by atoms with van der Waals surface area (Å²) in [5.41, 5.74) is 0. The molecule has 0 spiro atoms. The third-order valence-corrected chi connectivity index (χ3v) is 1.11. The second-order valence-corrected chi connectivity index (χ2v) is 1.81. The number of carbonyl (C=O) groups excluding carboxylic acids is 1. The monoisotopic (exact) mass is 113 g/mol. The summed E-state index contributed by atoms with van der Waals surface area (Å²) in [4.78, 5) is 10.5. The summed E-state index contributed by atoms with van der Waals surface area (Å²) in [7, 11) is 0. The van der Waals surface area contributed by atoms with Gasteiger partial charge in [0.2, 0.25) is 5.91 Å². The van der Waals surface area contributed by atoms with Crippen molar-refractivity contribution >= 4 is 5.91 Å². The van der Waals surface area contributed by atoms with Crippen molar-refractivity contribution in [1.82, 2.24) is 10.6 Å². The molecule has 0 aromatic rings. The van der Waals surface area contributed by atoms with Crippen molar-refractivity contribution in [3.8, 4) is 0 Å². The molecule has 1 fully saturated rings. The predicted octanol–water partition coefficient (Wildman–Crippen LogP) is -0.542. The van der Waals surface area contributed by atoms with Crippen LogP contribution in [0.4, 0.5) is 0 Å². The maximum atomic E-state index is 10.5. The van der Waals surface area contributed by atoms with Gasteiger partial charge in [-0.3, -0.25) is 10.1 Å². The molecule has 1 amide bonds. The van der Waals surface area contributed by atoms with Crippen LogP contribution in [0.15, 0.2) is 0 Å². The number of nitrogens with one attached hydrogen (secondary N) is 1. The van der Waals surface area contributed by atoms with E-state index in [4.69, 9.17) is 0 Å². The van der Waals surface area contributed by atoms with Gasteiger partial charge in [-0.15, -0.1) is 0 Å². The molecule has 1 saturated heterocycles. The van der Waals surface area contributed by atoms with Crippen LogP contribution >= 0.6 is 0 Å². The fraction of sp³-hybridized carbons (Fsp3) is 0.800. The summed E-state index contributed by atoms with van der Waals surface area (Å²) in [5, 5.41) is 6.66. The molecular formula is C5H9N2O. The molecule has 1 aliphatic rings. The Balaban J connectivity index is 2.27. The third kappa shape index (κ3) is 1.50. The lowest BCUT2D eigenvalue weighted by Crippen LogP contribution is -2.23. The number of amides is 1. The van der Waals surface area contributed by atoms with Gasteiger partial charge >= 0.3 is 0 Å². The van der Waals surface area contributed by atoms with Gasteiger partial charge < -0.3 is 0 Å². The van der Waals surface area contributed by atoms with E-state index >= 15 is 0 Å². The lowest BCUT2D eigenvalue weighted by molar-refractivity contribution is -0.121.